The minimum Gasteiger partial charge on any atom is -0.377 e. The van der Waals surface area contributed by atoms with Crippen LogP contribution in [0.25, 0.3) is 0 Å². The van der Waals surface area contributed by atoms with Gasteiger partial charge in [-0.1, -0.05) is 13.8 Å². The summed E-state index contributed by atoms with van der Waals surface area (Å²) in [5.74, 6) is 0.372. The fourth-order valence-corrected chi connectivity index (χ4v) is 4.09. The molecule has 0 aromatic rings. The van der Waals surface area contributed by atoms with E-state index in [2.05, 4.69) is 13.8 Å². The molecule has 2 heterocycles. The van der Waals surface area contributed by atoms with Crippen molar-refractivity contribution in [3.63, 3.8) is 0 Å². The second-order valence-corrected chi connectivity index (χ2v) is 8.30. The molecule has 2 fully saturated rings. The first kappa shape index (κ1) is 16.7. The maximum atomic E-state index is 12.7. The molecule has 2 saturated heterocycles. The number of amides is 1. The second-order valence-electron chi connectivity index (χ2n) is 6.32. The van der Waals surface area contributed by atoms with Crippen LogP contribution in [0.2, 0.25) is 0 Å². The zero-order chi connectivity index (χ0) is 15.6. The normalized spacial score (nSPS) is 28.9. The number of hydrogen-bond donors (Lipinski definition) is 0. The molecule has 0 aromatic heterocycles. The monoisotopic (exact) mass is 318 g/mol. The van der Waals surface area contributed by atoms with Gasteiger partial charge in [0.2, 0.25) is 15.9 Å². The van der Waals surface area contributed by atoms with Gasteiger partial charge in [-0.25, -0.2) is 12.7 Å². The highest BCUT2D eigenvalue weighted by atomic mass is 32.2. The minimum atomic E-state index is -3.17. The van der Waals surface area contributed by atoms with Crippen molar-refractivity contribution in [2.75, 3.05) is 39.0 Å². The first-order chi connectivity index (χ1) is 9.80. The summed E-state index contributed by atoms with van der Waals surface area (Å²) >= 11 is 0. The lowest BCUT2D eigenvalue weighted by Crippen LogP contribution is -2.43. The summed E-state index contributed by atoms with van der Waals surface area (Å²) in [6.07, 6.45) is 2.68. The number of carbonyl (C=O) groups excluding carboxylic acids is 1. The molecule has 0 saturated carbocycles. The molecule has 2 aliphatic heterocycles. The molecular formula is C14H26N2O4S. The van der Waals surface area contributed by atoms with Crippen molar-refractivity contribution in [3.8, 4) is 0 Å². The van der Waals surface area contributed by atoms with Gasteiger partial charge in [-0.15, -0.1) is 0 Å². The molecular weight excluding hydrogens is 292 g/mol. The molecule has 0 unspecified atom stereocenters. The van der Waals surface area contributed by atoms with Crippen LogP contribution in [-0.2, 0) is 19.6 Å². The highest BCUT2D eigenvalue weighted by Gasteiger charge is 2.38. The predicted molar refractivity (Wildman–Crippen MR) is 80.3 cm³/mol. The van der Waals surface area contributed by atoms with Crippen molar-refractivity contribution in [3.05, 3.63) is 0 Å². The highest BCUT2D eigenvalue weighted by molar-refractivity contribution is 7.88. The fraction of sp³-hybridized carbons (Fsp3) is 0.929. The number of ether oxygens (including phenoxy) is 1. The Morgan fingerprint density at radius 2 is 1.90 bits per heavy atom. The smallest absolute Gasteiger partial charge is 0.228 e. The Morgan fingerprint density at radius 1 is 1.19 bits per heavy atom. The Labute approximate surface area is 127 Å². The molecule has 1 amide bonds. The van der Waals surface area contributed by atoms with E-state index in [-0.39, 0.29) is 17.9 Å². The first-order valence-corrected chi connectivity index (χ1v) is 9.51. The Balaban J connectivity index is 2.00. The van der Waals surface area contributed by atoms with Gasteiger partial charge in [0.15, 0.2) is 0 Å². The van der Waals surface area contributed by atoms with Gasteiger partial charge >= 0.3 is 0 Å². The molecule has 7 heteroatoms. The molecule has 0 bridgehead atoms. The second kappa shape index (κ2) is 6.62. The zero-order valence-electron chi connectivity index (χ0n) is 13.1. The van der Waals surface area contributed by atoms with Crippen molar-refractivity contribution in [2.45, 2.75) is 32.8 Å². The van der Waals surface area contributed by atoms with E-state index in [1.165, 1.54) is 10.6 Å². The Kier molecular flexibility index (Phi) is 5.27. The summed E-state index contributed by atoms with van der Waals surface area (Å²) in [6, 6.07) is 0. The lowest BCUT2D eigenvalue weighted by Gasteiger charge is -2.28. The highest BCUT2D eigenvalue weighted by Crippen LogP contribution is 2.28. The largest absolute Gasteiger partial charge is 0.377 e. The van der Waals surface area contributed by atoms with Crippen LogP contribution in [0, 0.1) is 11.8 Å². The fourth-order valence-electron chi connectivity index (χ4n) is 3.21. The average Bonchev–Trinajstić information content (AvgIpc) is 2.73. The van der Waals surface area contributed by atoms with Crippen LogP contribution >= 0.6 is 0 Å². The Morgan fingerprint density at radius 3 is 2.52 bits per heavy atom. The number of hydrogen-bond acceptors (Lipinski definition) is 4. The Bertz CT molecular complexity index is 477. The molecule has 2 aliphatic rings. The third kappa shape index (κ3) is 3.96. The van der Waals surface area contributed by atoms with E-state index in [1.807, 2.05) is 4.90 Å². The Hall–Kier alpha value is -0.660. The maximum absolute atomic E-state index is 12.7. The molecule has 2 rings (SSSR count). The van der Waals surface area contributed by atoms with Crippen LogP contribution in [0.5, 0.6) is 0 Å². The summed E-state index contributed by atoms with van der Waals surface area (Å²) in [4.78, 5) is 14.5. The summed E-state index contributed by atoms with van der Waals surface area (Å²) in [7, 11) is -3.17. The van der Waals surface area contributed by atoms with Gasteiger partial charge in [-0.2, -0.15) is 0 Å². The van der Waals surface area contributed by atoms with Gasteiger partial charge in [0.1, 0.15) is 0 Å². The number of rotatable bonds is 3. The lowest BCUT2D eigenvalue weighted by molar-refractivity contribution is -0.138. The van der Waals surface area contributed by atoms with Gasteiger partial charge < -0.3 is 9.64 Å². The van der Waals surface area contributed by atoms with E-state index in [0.717, 1.165) is 6.42 Å². The van der Waals surface area contributed by atoms with Crippen LogP contribution in [0.1, 0.15) is 26.7 Å². The van der Waals surface area contributed by atoms with Gasteiger partial charge in [0.05, 0.1) is 18.3 Å². The topological polar surface area (TPSA) is 66.9 Å². The van der Waals surface area contributed by atoms with Crippen LogP contribution in [0.3, 0.4) is 0 Å². The van der Waals surface area contributed by atoms with E-state index < -0.39 is 10.0 Å². The predicted octanol–water partition coefficient (Wildman–Crippen LogP) is 0.541. The molecule has 6 nitrogen and oxygen atoms in total. The van der Waals surface area contributed by atoms with Gasteiger partial charge in [0.25, 0.3) is 0 Å². The van der Waals surface area contributed by atoms with Gasteiger partial charge in [-0.05, 0) is 18.8 Å². The van der Waals surface area contributed by atoms with E-state index in [4.69, 9.17) is 4.74 Å². The molecule has 0 aliphatic carbocycles. The first-order valence-electron chi connectivity index (χ1n) is 7.66. The molecule has 0 aromatic carbocycles. The van der Waals surface area contributed by atoms with E-state index in [0.29, 0.717) is 45.1 Å². The van der Waals surface area contributed by atoms with Crippen LogP contribution < -0.4 is 0 Å². The summed E-state index contributed by atoms with van der Waals surface area (Å²) in [5, 5.41) is 0. The molecule has 122 valence electrons. The van der Waals surface area contributed by atoms with Crippen molar-refractivity contribution in [1.82, 2.24) is 9.21 Å². The average molecular weight is 318 g/mol. The zero-order valence-corrected chi connectivity index (χ0v) is 13.9. The van der Waals surface area contributed by atoms with Crippen molar-refractivity contribution < 1.29 is 17.9 Å². The van der Waals surface area contributed by atoms with Crippen molar-refractivity contribution in [1.29, 1.82) is 0 Å². The quantitative estimate of drug-likeness (QED) is 0.762. The summed E-state index contributed by atoms with van der Waals surface area (Å²) in [6.45, 7) is 6.79. The third-order valence-electron chi connectivity index (χ3n) is 4.35. The number of sulfonamides is 1. The molecule has 0 spiro atoms. The minimum absolute atomic E-state index is 0.00763. The number of nitrogens with zero attached hydrogens (tertiary/aromatic N) is 2. The number of carbonyl (C=O) groups is 1. The lowest BCUT2D eigenvalue weighted by atomic mass is 9.92. The van der Waals surface area contributed by atoms with Crippen LogP contribution in [0.15, 0.2) is 0 Å². The molecule has 2 atom stereocenters. The van der Waals surface area contributed by atoms with Crippen LogP contribution in [0.4, 0.5) is 0 Å². The maximum Gasteiger partial charge on any atom is 0.228 e. The van der Waals surface area contributed by atoms with Gasteiger partial charge in [-0.3, -0.25) is 4.79 Å². The standard InChI is InChI=1S/C14H26N2O4S/c1-11(2)13-12(5-10-20-13)14(17)15-6-4-7-16(9-8-15)21(3,18)19/h11-13H,4-10H2,1-3H3/t12-,13-/m1/s1. The van der Waals surface area contributed by atoms with E-state index in [9.17, 15) is 13.2 Å². The van der Waals surface area contributed by atoms with Gasteiger partial charge in [0, 0.05) is 32.8 Å². The van der Waals surface area contributed by atoms with E-state index in [1.54, 1.807) is 0 Å². The molecule has 21 heavy (non-hydrogen) atoms. The third-order valence-corrected chi connectivity index (χ3v) is 5.65. The van der Waals surface area contributed by atoms with E-state index >= 15 is 0 Å². The van der Waals surface area contributed by atoms with Crippen molar-refractivity contribution >= 4 is 15.9 Å². The summed E-state index contributed by atoms with van der Waals surface area (Å²) < 4.78 is 30.4. The summed E-state index contributed by atoms with van der Waals surface area (Å²) in [5.41, 5.74) is 0. The molecule has 0 radical (unpaired) electrons. The van der Waals surface area contributed by atoms with Crippen LogP contribution in [-0.4, -0.2) is 68.7 Å². The molecule has 0 N–H and O–H groups in total. The SMILES string of the molecule is CC(C)[C@H]1OCC[C@H]1C(=O)N1CCCN(S(C)(=O)=O)CC1. The van der Waals surface area contributed by atoms with Crippen molar-refractivity contribution in [2.24, 2.45) is 11.8 Å².